The lowest BCUT2D eigenvalue weighted by Crippen LogP contribution is -2.21. The van der Waals surface area contributed by atoms with E-state index in [4.69, 9.17) is 5.73 Å². The van der Waals surface area contributed by atoms with Gasteiger partial charge in [-0.25, -0.2) is 4.98 Å². The van der Waals surface area contributed by atoms with E-state index in [0.717, 1.165) is 22.7 Å². The number of aryl methyl sites for hydroxylation is 1. The van der Waals surface area contributed by atoms with Gasteiger partial charge in [-0.05, 0) is 12.0 Å². The van der Waals surface area contributed by atoms with Gasteiger partial charge in [-0.15, -0.1) is 11.3 Å². The number of nitrogens with zero attached hydrogens (tertiary/aromatic N) is 1. The van der Waals surface area contributed by atoms with E-state index in [-0.39, 0.29) is 6.54 Å². The number of aliphatic hydroxyl groups excluding tert-OH is 1. The quantitative estimate of drug-likeness (QED) is 0.868. The van der Waals surface area contributed by atoms with Crippen molar-refractivity contribution in [2.24, 2.45) is 5.73 Å². The predicted molar refractivity (Wildman–Crippen MR) is 75.7 cm³/mol. The standard InChI is InChI=1S/C14H18N2OS/c1-2-10-3-5-11(6-4-10)13-9-18-14(16-13)7-12(17)8-15/h3-6,9,12,17H,2,7-8,15H2,1H3. The summed E-state index contributed by atoms with van der Waals surface area (Å²) >= 11 is 1.57. The molecule has 0 aliphatic heterocycles. The summed E-state index contributed by atoms with van der Waals surface area (Å²) in [6.07, 6.45) is 1.09. The van der Waals surface area contributed by atoms with Gasteiger partial charge >= 0.3 is 0 Å². The van der Waals surface area contributed by atoms with Crippen LogP contribution in [-0.4, -0.2) is 22.7 Å². The highest BCUT2D eigenvalue weighted by Gasteiger charge is 2.08. The molecule has 3 N–H and O–H groups in total. The molecule has 1 heterocycles. The molecule has 0 spiro atoms. The summed E-state index contributed by atoms with van der Waals surface area (Å²) in [5.41, 5.74) is 8.82. The van der Waals surface area contributed by atoms with Gasteiger partial charge in [-0.2, -0.15) is 0 Å². The number of hydrogen-bond acceptors (Lipinski definition) is 4. The molecule has 2 rings (SSSR count). The summed E-state index contributed by atoms with van der Waals surface area (Å²) in [5.74, 6) is 0. The van der Waals surface area contributed by atoms with Crippen LogP contribution in [0, 0.1) is 0 Å². The second kappa shape index (κ2) is 6.09. The van der Waals surface area contributed by atoms with Crippen LogP contribution in [0.3, 0.4) is 0 Å². The number of nitrogens with two attached hydrogens (primary N) is 1. The lowest BCUT2D eigenvalue weighted by Gasteiger charge is -2.03. The second-order valence-corrected chi connectivity index (χ2v) is 5.21. The third kappa shape index (κ3) is 3.16. The Bertz CT molecular complexity index is 493. The molecule has 3 nitrogen and oxygen atoms in total. The Kier molecular flexibility index (Phi) is 4.47. The van der Waals surface area contributed by atoms with E-state index in [1.807, 2.05) is 5.38 Å². The van der Waals surface area contributed by atoms with E-state index in [1.54, 1.807) is 11.3 Å². The normalized spacial score (nSPS) is 12.6. The van der Waals surface area contributed by atoms with Gasteiger partial charge in [0.25, 0.3) is 0 Å². The van der Waals surface area contributed by atoms with Gasteiger partial charge in [0.05, 0.1) is 16.8 Å². The van der Waals surface area contributed by atoms with Crippen molar-refractivity contribution in [2.75, 3.05) is 6.54 Å². The molecule has 1 atom stereocenters. The van der Waals surface area contributed by atoms with E-state index >= 15 is 0 Å². The minimum Gasteiger partial charge on any atom is -0.391 e. The fourth-order valence-corrected chi connectivity index (χ4v) is 2.61. The zero-order chi connectivity index (χ0) is 13.0. The van der Waals surface area contributed by atoms with E-state index in [9.17, 15) is 5.11 Å². The minimum atomic E-state index is -0.494. The summed E-state index contributed by atoms with van der Waals surface area (Å²) < 4.78 is 0. The molecular formula is C14H18N2OS. The fraction of sp³-hybridized carbons (Fsp3) is 0.357. The molecule has 0 amide bonds. The molecule has 1 unspecified atom stereocenters. The molecule has 2 aromatic rings. The molecule has 4 heteroatoms. The number of thiazole rings is 1. The van der Waals surface area contributed by atoms with Crippen LogP contribution in [0.1, 0.15) is 17.5 Å². The largest absolute Gasteiger partial charge is 0.391 e. The summed E-state index contributed by atoms with van der Waals surface area (Å²) in [4.78, 5) is 4.53. The first-order valence-electron chi connectivity index (χ1n) is 6.14. The Balaban J connectivity index is 2.13. The SMILES string of the molecule is CCc1ccc(-c2csc(CC(O)CN)n2)cc1. The number of aromatic nitrogens is 1. The Morgan fingerprint density at radius 2 is 2.06 bits per heavy atom. The highest BCUT2D eigenvalue weighted by Crippen LogP contribution is 2.23. The molecule has 0 radical (unpaired) electrons. The molecule has 0 fully saturated rings. The molecule has 0 aliphatic carbocycles. The van der Waals surface area contributed by atoms with Crippen molar-refractivity contribution < 1.29 is 5.11 Å². The maximum Gasteiger partial charge on any atom is 0.0958 e. The zero-order valence-electron chi connectivity index (χ0n) is 10.5. The number of hydrogen-bond donors (Lipinski definition) is 2. The minimum absolute atomic E-state index is 0.278. The van der Waals surface area contributed by atoms with Crippen molar-refractivity contribution in [1.82, 2.24) is 4.98 Å². The third-order valence-electron chi connectivity index (χ3n) is 2.89. The number of benzene rings is 1. The smallest absolute Gasteiger partial charge is 0.0958 e. The second-order valence-electron chi connectivity index (χ2n) is 4.27. The molecule has 0 saturated heterocycles. The Hall–Kier alpha value is -1.23. The summed E-state index contributed by atoms with van der Waals surface area (Å²) in [6.45, 7) is 2.42. The average Bonchev–Trinajstić information content (AvgIpc) is 2.87. The fourth-order valence-electron chi connectivity index (χ4n) is 1.73. The van der Waals surface area contributed by atoms with E-state index < -0.39 is 6.10 Å². The van der Waals surface area contributed by atoms with Crippen LogP contribution in [0.5, 0.6) is 0 Å². The Labute approximate surface area is 111 Å². The molecular weight excluding hydrogens is 244 g/mol. The number of rotatable bonds is 5. The highest BCUT2D eigenvalue weighted by atomic mass is 32.1. The molecule has 1 aromatic carbocycles. The molecule has 18 heavy (non-hydrogen) atoms. The number of aliphatic hydroxyl groups is 1. The van der Waals surface area contributed by atoms with Crippen molar-refractivity contribution in [3.63, 3.8) is 0 Å². The van der Waals surface area contributed by atoms with Crippen LogP contribution >= 0.6 is 11.3 Å². The Morgan fingerprint density at radius 3 is 2.67 bits per heavy atom. The topological polar surface area (TPSA) is 59.1 Å². The van der Waals surface area contributed by atoms with Crippen LogP contribution in [0.25, 0.3) is 11.3 Å². The van der Waals surface area contributed by atoms with Crippen LogP contribution in [0.2, 0.25) is 0 Å². The maximum atomic E-state index is 9.50. The van der Waals surface area contributed by atoms with Crippen LogP contribution in [0.15, 0.2) is 29.6 Å². The van der Waals surface area contributed by atoms with Crippen LogP contribution in [0.4, 0.5) is 0 Å². The maximum absolute atomic E-state index is 9.50. The summed E-state index contributed by atoms with van der Waals surface area (Å²) in [7, 11) is 0. The molecule has 0 bridgehead atoms. The lowest BCUT2D eigenvalue weighted by atomic mass is 10.1. The first kappa shape index (κ1) is 13.2. The van der Waals surface area contributed by atoms with Crippen molar-refractivity contribution in [3.05, 3.63) is 40.2 Å². The first-order valence-corrected chi connectivity index (χ1v) is 7.02. The van der Waals surface area contributed by atoms with Crippen molar-refractivity contribution >= 4 is 11.3 Å². The van der Waals surface area contributed by atoms with Crippen molar-refractivity contribution in [2.45, 2.75) is 25.9 Å². The molecule has 96 valence electrons. The lowest BCUT2D eigenvalue weighted by molar-refractivity contribution is 0.183. The van der Waals surface area contributed by atoms with Gasteiger partial charge in [0, 0.05) is 23.9 Å². The van der Waals surface area contributed by atoms with Gasteiger partial charge in [0.1, 0.15) is 0 Å². The Morgan fingerprint density at radius 1 is 1.33 bits per heavy atom. The third-order valence-corrected chi connectivity index (χ3v) is 3.76. The summed E-state index contributed by atoms with van der Waals surface area (Å²) in [6, 6.07) is 8.44. The summed E-state index contributed by atoms with van der Waals surface area (Å²) in [5, 5.41) is 12.5. The molecule has 0 saturated carbocycles. The van der Waals surface area contributed by atoms with Gasteiger partial charge in [0.2, 0.25) is 0 Å². The van der Waals surface area contributed by atoms with E-state index in [1.165, 1.54) is 5.56 Å². The van der Waals surface area contributed by atoms with Gasteiger partial charge in [0.15, 0.2) is 0 Å². The molecule has 0 aliphatic rings. The van der Waals surface area contributed by atoms with Crippen LogP contribution in [-0.2, 0) is 12.8 Å². The predicted octanol–water partition coefficient (Wildman–Crippen LogP) is 2.23. The molecule has 1 aromatic heterocycles. The van der Waals surface area contributed by atoms with Gasteiger partial charge in [-0.3, -0.25) is 0 Å². The first-order chi connectivity index (χ1) is 8.72. The van der Waals surface area contributed by atoms with Gasteiger partial charge < -0.3 is 10.8 Å². The highest BCUT2D eigenvalue weighted by molar-refractivity contribution is 7.09. The average molecular weight is 262 g/mol. The van der Waals surface area contributed by atoms with Gasteiger partial charge in [-0.1, -0.05) is 31.2 Å². The van der Waals surface area contributed by atoms with Crippen LogP contribution < -0.4 is 5.73 Å². The van der Waals surface area contributed by atoms with Crippen molar-refractivity contribution in [3.8, 4) is 11.3 Å². The van der Waals surface area contributed by atoms with E-state index in [0.29, 0.717) is 6.42 Å². The van der Waals surface area contributed by atoms with Crippen molar-refractivity contribution in [1.29, 1.82) is 0 Å². The monoisotopic (exact) mass is 262 g/mol. The zero-order valence-corrected chi connectivity index (χ0v) is 11.3. The van der Waals surface area contributed by atoms with E-state index in [2.05, 4.69) is 36.2 Å².